The number of aromatic nitrogens is 3. The number of nitrogens with zero attached hydrogens (tertiary/aromatic N) is 3. The molecule has 0 radical (unpaired) electrons. The number of anilines is 2. The van der Waals surface area contributed by atoms with Gasteiger partial charge in [-0.15, -0.1) is 10.2 Å². The van der Waals surface area contributed by atoms with Gasteiger partial charge in [-0.3, -0.25) is 14.9 Å². The van der Waals surface area contributed by atoms with Crippen molar-refractivity contribution in [3.05, 3.63) is 58.8 Å². The first kappa shape index (κ1) is 25.5. The molecule has 10 nitrogen and oxygen atoms in total. The fraction of sp³-hybridized carbons (Fsp3) is 0.174. The highest BCUT2D eigenvalue weighted by molar-refractivity contribution is 8.01. The summed E-state index contributed by atoms with van der Waals surface area (Å²) in [7, 11) is 3.05. The van der Waals surface area contributed by atoms with Gasteiger partial charge >= 0.3 is 0 Å². The summed E-state index contributed by atoms with van der Waals surface area (Å²) in [6.45, 7) is 1.64. The van der Waals surface area contributed by atoms with Gasteiger partial charge in [-0.05, 0) is 25.1 Å². The highest BCUT2D eigenvalue weighted by atomic mass is 35.5. The van der Waals surface area contributed by atoms with Crippen molar-refractivity contribution in [2.75, 3.05) is 30.6 Å². The van der Waals surface area contributed by atoms with Crippen LogP contribution >= 0.6 is 34.7 Å². The van der Waals surface area contributed by atoms with Crippen molar-refractivity contribution < 1.29 is 23.6 Å². The Bertz CT molecular complexity index is 1410. The number of rotatable bonds is 9. The second kappa shape index (κ2) is 11.4. The Morgan fingerprint density at radius 2 is 1.92 bits per heavy atom. The first-order valence-electron chi connectivity index (χ1n) is 10.4. The average molecular weight is 546 g/mol. The van der Waals surface area contributed by atoms with E-state index in [2.05, 4.69) is 26.0 Å². The molecule has 0 saturated carbocycles. The number of hydrogen-bond donors (Lipinski definition) is 2. The number of methoxy groups -OCH3 is 2. The monoisotopic (exact) mass is 545 g/mol. The Hall–Kier alpha value is -3.61. The molecule has 0 aliphatic rings. The van der Waals surface area contributed by atoms with Gasteiger partial charge in [0.2, 0.25) is 11.0 Å². The smallest absolute Gasteiger partial charge is 0.263 e. The maximum Gasteiger partial charge on any atom is 0.263 e. The second-order valence-electron chi connectivity index (χ2n) is 7.17. The summed E-state index contributed by atoms with van der Waals surface area (Å²) in [5.74, 6) is 0.783. The topological polar surface area (TPSA) is 128 Å². The Kier molecular flexibility index (Phi) is 8.08. The second-order valence-corrected chi connectivity index (χ2v) is 9.78. The van der Waals surface area contributed by atoms with E-state index in [-0.39, 0.29) is 22.4 Å². The minimum Gasteiger partial charge on any atom is -0.497 e. The number of carbonyl (C=O) groups excluding carboxylic acids is 2. The lowest BCUT2D eigenvalue weighted by atomic mass is 10.1. The van der Waals surface area contributed by atoms with Gasteiger partial charge in [0, 0.05) is 11.6 Å². The fourth-order valence-corrected chi connectivity index (χ4v) is 4.95. The van der Waals surface area contributed by atoms with Crippen LogP contribution < -0.4 is 20.1 Å². The van der Waals surface area contributed by atoms with E-state index in [1.165, 1.54) is 26.0 Å². The summed E-state index contributed by atoms with van der Waals surface area (Å²) in [6, 6.07) is 12.1. The number of halogens is 1. The summed E-state index contributed by atoms with van der Waals surface area (Å²) in [4.78, 5) is 25.4. The molecule has 0 fully saturated rings. The molecule has 0 bridgehead atoms. The maximum atomic E-state index is 13.0. The average Bonchev–Trinajstić information content (AvgIpc) is 3.49. The molecule has 13 heteroatoms. The quantitative estimate of drug-likeness (QED) is 0.216. The maximum absolute atomic E-state index is 13.0. The molecule has 0 unspecified atom stereocenters. The minimum atomic E-state index is -0.459. The number of thioether (sulfide) groups is 1. The molecule has 0 saturated heterocycles. The highest BCUT2D eigenvalue weighted by Crippen LogP contribution is 2.33. The molecular weight excluding hydrogens is 526 g/mol. The molecule has 0 aliphatic heterocycles. The van der Waals surface area contributed by atoms with Crippen molar-refractivity contribution in [3.8, 4) is 22.8 Å². The standard InChI is InChI=1S/C23H20ClN5O5S2/c1-12-19(20(29-34-12)14-6-4-5-7-15(14)24)21(31)26-22-27-28-23(36-22)35-11-18(30)25-16-10-13(32-2)8-9-17(16)33-3/h4-10H,11H2,1-3H3,(H,25,30)(H,26,27,31). The van der Waals surface area contributed by atoms with E-state index in [9.17, 15) is 9.59 Å². The van der Waals surface area contributed by atoms with E-state index in [1.807, 2.05) is 0 Å². The zero-order chi connectivity index (χ0) is 25.7. The van der Waals surface area contributed by atoms with Gasteiger partial charge in [0.25, 0.3) is 5.91 Å². The van der Waals surface area contributed by atoms with Crippen molar-refractivity contribution in [2.45, 2.75) is 11.3 Å². The summed E-state index contributed by atoms with van der Waals surface area (Å²) in [5.41, 5.74) is 1.65. The number of nitrogens with one attached hydrogen (secondary N) is 2. The van der Waals surface area contributed by atoms with E-state index in [0.29, 0.717) is 43.6 Å². The van der Waals surface area contributed by atoms with E-state index >= 15 is 0 Å². The lowest BCUT2D eigenvalue weighted by Gasteiger charge is -2.11. The predicted molar refractivity (Wildman–Crippen MR) is 138 cm³/mol. The van der Waals surface area contributed by atoms with Crippen LogP contribution in [-0.4, -0.2) is 47.1 Å². The van der Waals surface area contributed by atoms with Crippen LogP contribution in [0.3, 0.4) is 0 Å². The van der Waals surface area contributed by atoms with Gasteiger partial charge in [-0.25, -0.2) is 0 Å². The molecule has 4 aromatic rings. The Balaban J connectivity index is 1.39. The third-order valence-electron chi connectivity index (χ3n) is 4.85. The van der Waals surface area contributed by atoms with Crippen LogP contribution in [0.5, 0.6) is 11.5 Å². The molecule has 2 N–H and O–H groups in total. The number of benzene rings is 2. The van der Waals surface area contributed by atoms with E-state index in [1.54, 1.807) is 49.4 Å². The SMILES string of the molecule is COc1ccc(OC)c(NC(=O)CSc2nnc(NC(=O)c3c(-c4ccccc4Cl)noc3C)s2)c1. The Morgan fingerprint density at radius 1 is 1.11 bits per heavy atom. The molecule has 0 atom stereocenters. The van der Waals surface area contributed by atoms with Gasteiger partial charge in [0.1, 0.15) is 28.5 Å². The number of aryl methyl sites for hydroxylation is 1. The third-order valence-corrected chi connectivity index (χ3v) is 7.15. The normalized spacial score (nSPS) is 10.7. The van der Waals surface area contributed by atoms with Gasteiger partial charge in [-0.1, -0.05) is 58.1 Å². The fourth-order valence-electron chi connectivity index (χ4n) is 3.18. The number of carbonyl (C=O) groups is 2. The van der Waals surface area contributed by atoms with Gasteiger partial charge in [0.15, 0.2) is 4.34 Å². The lowest BCUT2D eigenvalue weighted by Crippen LogP contribution is -2.14. The highest BCUT2D eigenvalue weighted by Gasteiger charge is 2.24. The van der Waals surface area contributed by atoms with Crippen LogP contribution in [0.2, 0.25) is 5.02 Å². The van der Waals surface area contributed by atoms with Crippen LogP contribution in [0, 0.1) is 6.92 Å². The van der Waals surface area contributed by atoms with Crippen LogP contribution in [0.25, 0.3) is 11.3 Å². The third kappa shape index (κ3) is 5.78. The van der Waals surface area contributed by atoms with Crippen molar-refractivity contribution in [3.63, 3.8) is 0 Å². The van der Waals surface area contributed by atoms with Crippen molar-refractivity contribution >= 4 is 57.3 Å². The molecule has 186 valence electrons. The number of hydrogen-bond acceptors (Lipinski definition) is 10. The summed E-state index contributed by atoms with van der Waals surface area (Å²) in [6.07, 6.45) is 0. The van der Waals surface area contributed by atoms with E-state index < -0.39 is 5.91 Å². The number of ether oxygens (including phenoxy) is 2. The predicted octanol–water partition coefficient (Wildman–Crippen LogP) is 5.16. The summed E-state index contributed by atoms with van der Waals surface area (Å²) < 4.78 is 16.2. The molecule has 0 spiro atoms. The van der Waals surface area contributed by atoms with Gasteiger partial charge in [-0.2, -0.15) is 0 Å². The molecule has 2 heterocycles. The van der Waals surface area contributed by atoms with Crippen LogP contribution in [0.15, 0.2) is 51.3 Å². The van der Waals surface area contributed by atoms with Crippen LogP contribution in [0.4, 0.5) is 10.8 Å². The molecule has 4 rings (SSSR count). The molecule has 0 aliphatic carbocycles. The zero-order valence-corrected chi connectivity index (χ0v) is 21.7. The Morgan fingerprint density at radius 3 is 2.67 bits per heavy atom. The Labute approximate surface area is 219 Å². The number of amides is 2. The van der Waals surface area contributed by atoms with Gasteiger partial charge < -0.3 is 19.3 Å². The molecule has 2 amide bonds. The van der Waals surface area contributed by atoms with Crippen molar-refractivity contribution in [1.29, 1.82) is 0 Å². The summed E-state index contributed by atoms with van der Waals surface area (Å²) in [5, 5.41) is 18.3. The van der Waals surface area contributed by atoms with E-state index in [4.69, 9.17) is 25.6 Å². The van der Waals surface area contributed by atoms with Crippen LogP contribution in [0.1, 0.15) is 16.1 Å². The van der Waals surface area contributed by atoms with Crippen molar-refractivity contribution in [1.82, 2.24) is 15.4 Å². The molecule has 2 aromatic heterocycles. The summed E-state index contributed by atoms with van der Waals surface area (Å²) >= 11 is 8.59. The van der Waals surface area contributed by atoms with E-state index in [0.717, 1.165) is 11.3 Å². The molecule has 2 aromatic carbocycles. The minimum absolute atomic E-state index is 0.0738. The van der Waals surface area contributed by atoms with Gasteiger partial charge in [0.05, 0.1) is 30.7 Å². The first-order chi connectivity index (χ1) is 17.4. The molecule has 36 heavy (non-hydrogen) atoms. The lowest BCUT2D eigenvalue weighted by molar-refractivity contribution is -0.113. The van der Waals surface area contributed by atoms with Crippen LogP contribution in [-0.2, 0) is 4.79 Å². The first-order valence-corrected chi connectivity index (χ1v) is 12.6. The van der Waals surface area contributed by atoms with Crippen molar-refractivity contribution in [2.24, 2.45) is 0 Å². The largest absolute Gasteiger partial charge is 0.497 e. The zero-order valence-electron chi connectivity index (χ0n) is 19.3. The molecular formula is C23H20ClN5O5S2.